The molecule has 0 spiro atoms. The highest BCUT2D eigenvalue weighted by atomic mass is 32.2. The van der Waals surface area contributed by atoms with Crippen molar-refractivity contribution in [1.82, 2.24) is 5.32 Å². The van der Waals surface area contributed by atoms with Gasteiger partial charge in [0, 0.05) is 12.6 Å². The Balaban J connectivity index is 2.29. The van der Waals surface area contributed by atoms with Crippen LogP contribution in [0.4, 0.5) is 4.39 Å². The lowest BCUT2D eigenvalue weighted by molar-refractivity contribution is 0.390. The van der Waals surface area contributed by atoms with E-state index in [2.05, 4.69) is 5.32 Å². The fourth-order valence-electron chi connectivity index (χ4n) is 1.99. The molecule has 0 fully saturated rings. The van der Waals surface area contributed by atoms with E-state index >= 15 is 0 Å². The molecule has 0 bridgehead atoms. The number of rotatable bonds is 7. The van der Waals surface area contributed by atoms with Gasteiger partial charge in [-0.3, -0.25) is 0 Å². The van der Waals surface area contributed by atoms with Crippen LogP contribution < -0.4 is 14.2 Å². The zero-order valence-electron chi connectivity index (χ0n) is 13.7. The number of hydrogen-bond acceptors (Lipinski definition) is 5. The van der Waals surface area contributed by atoms with Crippen molar-refractivity contribution in [1.29, 1.82) is 0 Å². The van der Waals surface area contributed by atoms with Crippen LogP contribution in [0.3, 0.4) is 0 Å². The van der Waals surface area contributed by atoms with Gasteiger partial charge in [0.15, 0.2) is 11.5 Å². The Morgan fingerprint density at radius 3 is 2.33 bits per heavy atom. The average molecular weight is 353 g/mol. The third kappa shape index (κ3) is 4.69. The van der Waals surface area contributed by atoms with Gasteiger partial charge in [-0.15, -0.1) is 0 Å². The summed E-state index contributed by atoms with van der Waals surface area (Å²) in [6.45, 7) is 4.59. The summed E-state index contributed by atoms with van der Waals surface area (Å²) in [6.07, 6.45) is 0. The molecule has 0 unspecified atom stereocenters. The number of nitrogens with one attached hydrogen (secondary N) is 1. The molecule has 130 valence electrons. The molecule has 1 N–H and O–H groups in total. The minimum absolute atomic E-state index is 0.0879. The van der Waals surface area contributed by atoms with Crippen LogP contribution in [0.1, 0.15) is 19.4 Å². The zero-order chi connectivity index (χ0) is 17.7. The Morgan fingerprint density at radius 1 is 1.08 bits per heavy atom. The number of ether oxygens (including phenoxy) is 1. The summed E-state index contributed by atoms with van der Waals surface area (Å²) in [6, 6.07) is 9.81. The van der Waals surface area contributed by atoms with Crippen LogP contribution in [-0.4, -0.2) is 21.6 Å². The van der Waals surface area contributed by atoms with Gasteiger partial charge >= 0.3 is 10.1 Å². The second-order valence-corrected chi connectivity index (χ2v) is 7.06. The SMILES string of the molecule is COc1ccc(CNC(C)C)cc1OS(=O)(=O)c1ccc(F)cc1. The first-order chi connectivity index (χ1) is 11.3. The van der Waals surface area contributed by atoms with E-state index in [1.807, 2.05) is 19.9 Å². The van der Waals surface area contributed by atoms with E-state index in [1.165, 1.54) is 7.11 Å². The molecule has 5 nitrogen and oxygen atoms in total. The van der Waals surface area contributed by atoms with Gasteiger partial charge in [0.2, 0.25) is 0 Å². The highest BCUT2D eigenvalue weighted by Crippen LogP contribution is 2.31. The summed E-state index contributed by atoms with van der Waals surface area (Å²) < 4.78 is 48.0. The summed E-state index contributed by atoms with van der Waals surface area (Å²) >= 11 is 0. The average Bonchev–Trinajstić information content (AvgIpc) is 2.53. The molecule has 0 aliphatic carbocycles. The molecule has 0 saturated carbocycles. The molecule has 0 radical (unpaired) electrons. The normalized spacial score (nSPS) is 11.5. The van der Waals surface area contributed by atoms with Crippen molar-refractivity contribution in [3.63, 3.8) is 0 Å². The largest absolute Gasteiger partial charge is 0.493 e. The van der Waals surface area contributed by atoms with Gasteiger partial charge in [-0.25, -0.2) is 4.39 Å². The number of methoxy groups -OCH3 is 1. The number of halogens is 1. The maximum Gasteiger partial charge on any atom is 0.339 e. The number of benzene rings is 2. The molecule has 2 aromatic rings. The maximum absolute atomic E-state index is 13.0. The van der Waals surface area contributed by atoms with Crippen molar-refractivity contribution in [3.05, 3.63) is 53.8 Å². The van der Waals surface area contributed by atoms with Gasteiger partial charge < -0.3 is 14.2 Å². The van der Waals surface area contributed by atoms with Crippen molar-refractivity contribution in [2.45, 2.75) is 31.3 Å². The van der Waals surface area contributed by atoms with E-state index in [9.17, 15) is 12.8 Å². The van der Waals surface area contributed by atoms with Gasteiger partial charge in [0.05, 0.1) is 7.11 Å². The van der Waals surface area contributed by atoms with Crippen LogP contribution in [0.2, 0.25) is 0 Å². The molecule has 2 rings (SSSR count). The monoisotopic (exact) mass is 353 g/mol. The van der Waals surface area contributed by atoms with Crippen LogP contribution in [-0.2, 0) is 16.7 Å². The molecule has 0 aliphatic rings. The van der Waals surface area contributed by atoms with Crippen molar-refractivity contribution >= 4 is 10.1 Å². The lowest BCUT2D eigenvalue weighted by Gasteiger charge is -2.13. The second kappa shape index (κ2) is 7.63. The lowest BCUT2D eigenvalue weighted by atomic mass is 10.2. The Hall–Kier alpha value is -2.12. The third-order valence-corrected chi connectivity index (χ3v) is 4.49. The van der Waals surface area contributed by atoms with E-state index in [1.54, 1.807) is 12.1 Å². The first kappa shape index (κ1) is 18.2. The van der Waals surface area contributed by atoms with E-state index in [0.29, 0.717) is 18.3 Å². The summed E-state index contributed by atoms with van der Waals surface area (Å²) in [5.41, 5.74) is 0.855. The van der Waals surface area contributed by atoms with Crippen molar-refractivity contribution in [2.75, 3.05) is 7.11 Å². The summed E-state index contributed by atoms with van der Waals surface area (Å²) in [4.78, 5) is -0.128. The second-order valence-electron chi connectivity index (χ2n) is 5.51. The van der Waals surface area contributed by atoms with Gasteiger partial charge in [0.25, 0.3) is 0 Å². The van der Waals surface area contributed by atoms with Crippen molar-refractivity contribution < 1.29 is 21.7 Å². The predicted octanol–water partition coefficient (Wildman–Crippen LogP) is 3.10. The molecule has 7 heteroatoms. The van der Waals surface area contributed by atoms with Gasteiger partial charge in [0.1, 0.15) is 10.7 Å². The first-order valence-corrected chi connectivity index (χ1v) is 8.83. The predicted molar refractivity (Wildman–Crippen MR) is 89.2 cm³/mol. The van der Waals surface area contributed by atoms with Crippen LogP contribution in [0.25, 0.3) is 0 Å². The highest BCUT2D eigenvalue weighted by molar-refractivity contribution is 7.87. The lowest BCUT2D eigenvalue weighted by Crippen LogP contribution is -2.21. The topological polar surface area (TPSA) is 64.6 Å². The Labute approximate surface area is 141 Å². The van der Waals surface area contributed by atoms with E-state index < -0.39 is 15.9 Å². The summed E-state index contributed by atoms with van der Waals surface area (Å²) in [5, 5.41) is 3.24. The van der Waals surface area contributed by atoms with Gasteiger partial charge in [-0.05, 0) is 42.0 Å². The van der Waals surface area contributed by atoms with Crippen LogP contribution >= 0.6 is 0 Å². The zero-order valence-corrected chi connectivity index (χ0v) is 14.6. The van der Waals surface area contributed by atoms with E-state index in [-0.39, 0.29) is 10.6 Å². The smallest absolute Gasteiger partial charge is 0.339 e. The van der Waals surface area contributed by atoms with Crippen LogP contribution in [0, 0.1) is 5.82 Å². The molecule has 0 atom stereocenters. The quantitative estimate of drug-likeness (QED) is 0.775. The maximum atomic E-state index is 13.0. The van der Waals surface area contributed by atoms with Crippen molar-refractivity contribution in [2.24, 2.45) is 0 Å². The number of hydrogen-bond donors (Lipinski definition) is 1. The molecule has 0 saturated heterocycles. The van der Waals surface area contributed by atoms with E-state index in [0.717, 1.165) is 29.8 Å². The minimum Gasteiger partial charge on any atom is -0.493 e. The van der Waals surface area contributed by atoms with Gasteiger partial charge in [-0.2, -0.15) is 8.42 Å². The fraction of sp³-hybridized carbons (Fsp3) is 0.294. The minimum atomic E-state index is -4.08. The highest BCUT2D eigenvalue weighted by Gasteiger charge is 2.19. The molecular weight excluding hydrogens is 333 g/mol. The molecule has 2 aromatic carbocycles. The first-order valence-electron chi connectivity index (χ1n) is 7.42. The van der Waals surface area contributed by atoms with Crippen LogP contribution in [0.5, 0.6) is 11.5 Å². The Morgan fingerprint density at radius 2 is 1.75 bits per heavy atom. The van der Waals surface area contributed by atoms with E-state index in [4.69, 9.17) is 8.92 Å². The fourth-order valence-corrected chi connectivity index (χ4v) is 2.92. The van der Waals surface area contributed by atoms with Crippen LogP contribution in [0.15, 0.2) is 47.4 Å². The Kier molecular flexibility index (Phi) is 5.80. The molecule has 0 heterocycles. The standard InChI is InChI=1S/C17H20FNO4S/c1-12(2)19-11-13-4-9-16(22-3)17(10-13)23-24(20,21)15-7-5-14(18)6-8-15/h4-10,12,19H,11H2,1-3H3. The van der Waals surface area contributed by atoms with Crippen molar-refractivity contribution in [3.8, 4) is 11.5 Å². The Bertz CT molecular complexity index is 789. The summed E-state index contributed by atoms with van der Waals surface area (Å²) in [7, 11) is -2.65. The molecule has 0 aromatic heterocycles. The molecule has 0 aliphatic heterocycles. The van der Waals surface area contributed by atoms with Gasteiger partial charge in [-0.1, -0.05) is 19.9 Å². The molecular formula is C17H20FNO4S. The molecule has 24 heavy (non-hydrogen) atoms. The summed E-state index contributed by atoms with van der Waals surface area (Å²) in [5.74, 6) is -0.132. The molecule has 0 amide bonds. The third-order valence-electron chi connectivity index (χ3n) is 3.24.